The monoisotopic (exact) mass is 230 g/mol. The second-order valence-corrected chi connectivity index (χ2v) is 4.91. The Hall–Kier alpha value is -1.42. The van der Waals surface area contributed by atoms with Crippen molar-refractivity contribution in [1.29, 1.82) is 0 Å². The number of hydrogen-bond acceptors (Lipinski definition) is 3. The van der Waals surface area contributed by atoms with Crippen LogP contribution >= 0.6 is 0 Å². The number of rotatable bonds is 3. The number of aromatic nitrogens is 3. The Bertz CT molecular complexity index is 511. The summed E-state index contributed by atoms with van der Waals surface area (Å²) < 4.78 is 1.86. The van der Waals surface area contributed by atoms with E-state index >= 15 is 0 Å². The molecule has 1 aliphatic rings. The smallest absolute Gasteiger partial charge is 0.155 e. The first kappa shape index (κ1) is 10.7. The lowest BCUT2D eigenvalue weighted by Crippen LogP contribution is -2.25. The quantitative estimate of drug-likeness (QED) is 0.877. The van der Waals surface area contributed by atoms with Gasteiger partial charge in [0.1, 0.15) is 0 Å². The Kier molecular flexibility index (Phi) is 2.81. The maximum atomic E-state index is 4.41. The fourth-order valence-corrected chi connectivity index (χ4v) is 2.52. The topological polar surface area (TPSA) is 42.2 Å². The molecule has 1 N–H and O–H groups in total. The average molecular weight is 230 g/mol. The van der Waals surface area contributed by atoms with E-state index in [-0.39, 0.29) is 0 Å². The lowest BCUT2D eigenvalue weighted by Gasteiger charge is -2.11. The Morgan fingerprint density at radius 1 is 1.41 bits per heavy atom. The molecule has 2 aromatic heterocycles. The first-order chi connectivity index (χ1) is 8.31. The van der Waals surface area contributed by atoms with E-state index in [1.807, 2.05) is 23.7 Å². The van der Waals surface area contributed by atoms with Crippen LogP contribution in [0.25, 0.3) is 5.65 Å². The van der Waals surface area contributed by atoms with Gasteiger partial charge in [-0.1, -0.05) is 12.8 Å². The van der Waals surface area contributed by atoms with Crippen LogP contribution in [0.2, 0.25) is 0 Å². The predicted octanol–water partition coefficient (Wildman–Crippen LogP) is 2.07. The molecule has 3 rings (SSSR count). The third-order valence-corrected chi connectivity index (χ3v) is 3.44. The van der Waals surface area contributed by atoms with E-state index in [0.29, 0.717) is 6.04 Å². The van der Waals surface area contributed by atoms with Crippen molar-refractivity contribution in [3.8, 4) is 0 Å². The zero-order chi connectivity index (χ0) is 11.7. The number of nitrogens with zero attached hydrogens (tertiary/aromatic N) is 3. The second kappa shape index (κ2) is 4.45. The van der Waals surface area contributed by atoms with Crippen molar-refractivity contribution in [3.05, 3.63) is 29.7 Å². The van der Waals surface area contributed by atoms with Crippen LogP contribution in [0.3, 0.4) is 0 Å². The molecule has 0 bridgehead atoms. The van der Waals surface area contributed by atoms with E-state index in [0.717, 1.165) is 17.9 Å². The van der Waals surface area contributed by atoms with E-state index in [9.17, 15) is 0 Å². The molecule has 2 heterocycles. The van der Waals surface area contributed by atoms with Crippen LogP contribution in [0.15, 0.2) is 18.5 Å². The second-order valence-electron chi connectivity index (χ2n) is 4.91. The fraction of sp³-hybridized carbons (Fsp3) is 0.538. The van der Waals surface area contributed by atoms with Gasteiger partial charge in [-0.15, -0.1) is 0 Å². The summed E-state index contributed by atoms with van der Waals surface area (Å²) in [5, 5.41) is 7.97. The van der Waals surface area contributed by atoms with Gasteiger partial charge < -0.3 is 5.32 Å². The van der Waals surface area contributed by atoms with E-state index in [1.165, 1.54) is 31.2 Å². The lowest BCUT2D eigenvalue weighted by atomic mass is 10.2. The van der Waals surface area contributed by atoms with Crippen LogP contribution in [-0.2, 0) is 6.54 Å². The van der Waals surface area contributed by atoms with Crippen LogP contribution in [-0.4, -0.2) is 20.6 Å². The Morgan fingerprint density at radius 3 is 3.06 bits per heavy atom. The molecule has 17 heavy (non-hydrogen) atoms. The standard InChI is InChI=1S/C13H18N4/c1-10-6-13-15-8-11(9-17(13)16-10)7-14-12-4-2-3-5-12/h6,8-9,12,14H,2-5,7H2,1H3. The SMILES string of the molecule is Cc1cc2ncc(CNC3CCCC3)cn2n1. The summed E-state index contributed by atoms with van der Waals surface area (Å²) in [6, 6.07) is 2.69. The zero-order valence-electron chi connectivity index (χ0n) is 10.2. The van der Waals surface area contributed by atoms with Crippen molar-refractivity contribution in [2.24, 2.45) is 0 Å². The van der Waals surface area contributed by atoms with Gasteiger partial charge in [-0.05, 0) is 19.8 Å². The zero-order valence-corrected chi connectivity index (χ0v) is 10.2. The highest BCUT2D eigenvalue weighted by molar-refractivity contribution is 5.38. The normalized spacial score (nSPS) is 17.0. The molecule has 1 fully saturated rings. The van der Waals surface area contributed by atoms with Gasteiger partial charge in [0.25, 0.3) is 0 Å². The molecule has 0 spiro atoms. The van der Waals surface area contributed by atoms with Gasteiger partial charge in [0.2, 0.25) is 0 Å². The van der Waals surface area contributed by atoms with Crippen LogP contribution in [0, 0.1) is 6.92 Å². The molecule has 90 valence electrons. The molecule has 4 heteroatoms. The summed E-state index contributed by atoms with van der Waals surface area (Å²) in [5.41, 5.74) is 3.14. The van der Waals surface area contributed by atoms with Crippen LogP contribution in [0.4, 0.5) is 0 Å². The van der Waals surface area contributed by atoms with Crippen molar-refractivity contribution in [2.45, 2.75) is 45.2 Å². The van der Waals surface area contributed by atoms with E-state index < -0.39 is 0 Å². The van der Waals surface area contributed by atoms with Crippen molar-refractivity contribution in [1.82, 2.24) is 19.9 Å². The summed E-state index contributed by atoms with van der Waals surface area (Å²) in [7, 11) is 0. The van der Waals surface area contributed by atoms with Crippen molar-refractivity contribution < 1.29 is 0 Å². The van der Waals surface area contributed by atoms with Gasteiger partial charge in [-0.25, -0.2) is 9.50 Å². The van der Waals surface area contributed by atoms with Gasteiger partial charge in [-0.2, -0.15) is 5.10 Å². The van der Waals surface area contributed by atoms with Gasteiger partial charge in [-0.3, -0.25) is 0 Å². The molecule has 0 atom stereocenters. The molecular formula is C13H18N4. The highest BCUT2D eigenvalue weighted by atomic mass is 15.2. The average Bonchev–Trinajstić information content (AvgIpc) is 2.92. The highest BCUT2D eigenvalue weighted by Crippen LogP contribution is 2.18. The number of hydrogen-bond donors (Lipinski definition) is 1. The Morgan fingerprint density at radius 2 is 2.24 bits per heavy atom. The minimum Gasteiger partial charge on any atom is -0.310 e. The number of aryl methyl sites for hydroxylation is 1. The maximum Gasteiger partial charge on any atom is 0.155 e. The van der Waals surface area contributed by atoms with Crippen molar-refractivity contribution in [3.63, 3.8) is 0 Å². The summed E-state index contributed by atoms with van der Waals surface area (Å²) in [5.74, 6) is 0. The Balaban J connectivity index is 1.71. The van der Waals surface area contributed by atoms with E-state index in [4.69, 9.17) is 0 Å². The summed E-state index contributed by atoms with van der Waals surface area (Å²) in [6.07, 6.45) is 9.38. The first-order valence-corrected chi connectivity index (χ1v) is 6.35. The van der Waals surface area contributed by atoms with E-state index in [2.05, 4.69) is 21.6 Å². The molecule has 0 amide bonds. The van der Waals surface area contributed by atoms with Gasteiger partial charge in [0, 0.05) is 36.6 Å². The van der Waals surface area contributed by atoms with Crippen LogP contribution < -0.4 is 5.32 Å². The molecule has 0 aliphatic heterocycles. The fourth-order valence-electron chi connectivity index (χ4n) is 2.52. The molecule has 1 saturated carbocycles. The van der Waals surface area contributed by atoms with Gasteiger partial charge in [0.15, 0.2) is 5.65 Å². The van der Waals surface area contributed by atoms with Crippen LogP contribution in [0.1, 0.15) is 36.9 Å². The van der Waals surface area contributed by atoms with E-state index in [1.54, 1.807) is 0 Å². The molecule has 0 radical (unpaired) electrons. The summed E-state index contributed by atoms with van der Waals surface area (Å²) in [4.78, 5) is 4.41. The molecule has 1 aliphatic carbocycles. The lowest BCUT2D eigenvalue weighted by molar-refractivity contribution is 0.522. The summed E-state index contributed by atoms with van der Waals surface area (Å²) in [6.45, 7) is 2.89. The van der Waals surface area contributed by atoms with Crippen molar-refractivity contribution >= 4 is 5.65 Å². The minimum absolute atomic E-state index is 0.699. The molecular weight excluding hydrogens is 212 g/mol. The largest absolute Gasteiger partial charge is 0.310 e. The highest BCUT2D eigenvalue weighted by Gasteiger charge is 2.13. The minimum atomic E-state index is 0.699. The van der Waals surface area contributed by atoms with Gasteiger partial charge >= 0.3 is 0 Å². The number of nitrogens with one attached hydrogen (secondary N) is 1. The maximum absolute atomic E-state index is 4.41. The predicted molar refractivity (Wildman–Crippen MR) is 66.8 cm³/mol. The molecule has 0 saturated heterocycles. The van der Waals surface area contributed by atoms with Crippen LogP contribution in [0.5, 0.6) is 0 Å². The van der Waals surface area contributed by atoms with Gasteiger partial charge in [0.05, 0.1) is 5.69 Å². The molecule has 0 unspecified atom stereocenters. The molecule has 0 aromatic carbocycles. The molecule has 2 aromatic rings. The number of fused-ring (bicyclic) bond motifs is 1. The Labute approximate surface area is 101 Å². The van der Waals surface area contributed by atoms with Crippen molar-refractivity contribution in [2.75, 3.05) is 0 Å². The summed E-state index contributed by atoms with van der Waals surface area (Å²) >= 11 is 0. The third kappa shape index (κ3) is 2.31. The molecule has 4 nitrogen and oxygen atoms in total. The first-order valence-electron chi connectivity index (χ1n) is 6.35. The third-order valence-electron chi connectivity index (χ3n) is 3.44.